The van der Waals surface area contributed by atoms with Gasteiger partial charge in [0.05, 0.1) is 6.04 Å². The quantitative estimate of drug-likeness (QED) is 0.741. The second-order valence-corrected chi connectivity index (χ2v) is 5.42. The lowest BCUT2D eigenvalue weighted by Crippen LogP contribution is -2.45. The molecule has 0 aliphatic carbocycles. The SMILES string of the molecule is CC1CCNC(C(=O)Nc2cccc(/C=C/C(=O)O)c2)C1. The van der Waals surface area contributed by atoms with Gasteiger partial charge in [-0.05, 0) is 49.1 Å². The number of carboxylic acid groups (broad SMARTS) is 1. The molecule has 2 unspecified atom stereocenters. The minimum atomic E-state index is -0.996. The van der Waals surface area contributed by atoms with E-state index in [1.54, 1.807) is 24.3 Å². The summed E-state index contributed by atoms with van der Waals surface area (Å²) in [5.41, 5.74) is 1.41. The fourth-order valence-electron chi connectivity index (χ4n) is 2.42. The number of anilines is 1. The Labute approximate surface area is 124 Å². The van der Waals surface area contributed by atoms with Gasteiger partial charge in [-0.3, -0.25) is 4.79 Å². The number of nitrogens with one attached hydrogen (secondary N) is 2. The standard InChI is InChI=1S/C16H20N2O3/c1-11-7-8-17-14(9-11)16(21)18-13-4-2-3-12(10-13)5-6-15(19)20/h2-6,10-11,14,17H,7-9H2,1H3,(H,18,21)(H,19,20)/b6-5+. The van der Waals surface area contributed by atoms with E-state index < -0.39 is 5.97 Å². The van der Waals surface area contributed by atoms with Gasteiger partial charge in [-0.15, -0.1) is 0 Å². The number of hydrogen-bond donors (Lipinski definition) is 3. The van der Waals surface area contributed by atoms with Crippen molar-refractivity contribution in [3.8, 4) is 0 Å². The monoisotopic (exact) mass is 288 g/mol. The highest BCUT2D eigenvalue weighted by atomic mass is 16.4. The van der Waals surface area contributed by atoms with E-state index in [9.17, 15) is 9.59 Å². The lowest BCUT2D eigenvalue weighted by molar-refractivity contribution is -0.131. The van der Waals surface area contributed by atoms with Crippen LogP contribution in [0.3, 0.4) is 0 Å². The maximum atomic E-state index is 12.2. The molecule has 112 valence electrons. The smallest absolute Gasteiger partial charge is 0.328 e. The van der Waals surface area contributed by atoms with Crippen molar-refractivity contribution in [3.63, 3.8) is 0 Å². The summed E-state index contributed by atoms with van der Waals surface area (Å²) in [6.07, 6.45) is 4.51. The molecule has 1 aromatic carbocycles. The molecule has 1 aliphatic rings. The van der Waals surface area contributed by atoms with Crippen molar-refractivity contribution in [3.05, 3.63) is 35.9 Å². The van der Waals surface area contributed by atoms with Gasteiger partial charge in [0.15, 0.2) is 0 Å². The van der Waals surface area contributed by atoms with E-state index in [0.29, 0.717) is 11.6 Å². The Bertz CT molecular complexity index is 554. The first kappa shape index (κ1) is 15.3. The predicted molar refractivity (Wildman–Crippen MR) is 81.9 cm³/mol. The van der Waals surface area contributed by atoms with Crippen molar-refractivity contribution in [2.24, 2.45) is 5.92 Å². The van der Waals surface area contributed by atoms with E-state index in [4.69, 9.17) is 5.11 Å². The summed E-state index contributed by atoms with van der Waals surface area (Å²) in [6, 6.07) is 6.96. The average Bonchev–Trinajstić information content (AvgIpc) is 2.45. The van der Waals surface area contributed by atoms with Gasteiger partial charge < -0.3 is 15.7 Å². The summed E-state index contributed by atoms with van der Waals surface area (Å²) in [5.74, 6) is -0.488. The van der Waals surface area contributed by atoms with Crippen molar-refractivity contribution < 1.29 is 14.7 Å². The van der Waals surface area contributed by atoms with Crippen molar-refractivity contribution >= 4 is 23.6 Å². The largest absolute Gasteiger partial charge is 0.478 e. The van der Waals surface area contributed by atoms with Crippen LogP contribution in [0.5, 0.6) is 0 Å². The molecule has 1 fully saturated rings. The van der Waals surface area contributed by atoms with Crippen LogP contribution in [-0.4, -0.2) is 29.6 Å². The predicted octanol–water partition coefficient (Wildman–Crippen LogP) is 2.11. The third kappa shape index (κ3) is 4.72. The van der Waals surface area contributed by atoms with Crippen molar-refractivity contribution in [2.75, 3.05) is 11.9 Å². The van der Waals surface area contributed by atoms with Crippen LogP contribution in [0.4, 0.5) is 5.69 Å². The zero-order chi connectivity index (χ0) is 15.2. The molecular weight excluding hydrogens is 268 g/mol. The van der Waals surface area contributed by atoms with Crippen molar-refractivity contribution in [2.45, 2.75) is 25.8 Å². The Morgan fingerprint density at radius 1 is 1.43 bits per heavy atom. The normalized spacial score (nSPS) is 22.1. The Morgan fingerprint density at radius 2 is 2.24 bits per heavy atom. The fourth-order valence-corrected chi connectivity index (χ4v) is 2.42. The molecule has 1 saturated heterocycles. The van der Waals surface area contributed by atoms with Gasteiger partial charge in [-0.25, -0.2) is 4.79 Å². The Hall–Kier alpha value is -2.14. The second-order valence-electron chi connectivity index (χ2n) is 5.42. The number of piperidine rings is 1. The van der Waals surface area contributed by atoms with E-state index in [1.807, 2.05) is 0 Å². The number of amides is 1. The number of carbonyl (C=O) groups excluding carboxylic acids is 1. The second kappa shape index (κ2) is 7.04. The lowest BCUT2D eigenvalue weighted by atomic mass is 9.94. The van der Waals surface area contributed by atoms with Crippen LogP contribution in [0.1, 0.15) is 25.3 Å². The maximum Gasteiger partial charge on any atom is 0.328 e. The van der Waals surface area contributed by atoms with Crippen LogP contribution >= 0.6 is 0 Å². The Kier molecular flexibility index (Phi) is 5.11. The van der Waals surface area contributed by atoms with E-state index >= 15 is 0 Å². The average molecular weight is 288 g/mol. The van der Waals surface area contributed by atoms with E-state index in [1.165, 1.54) is 6.08 Å². The number of hydrogen-bond acceptors (Lipinski definition) is 3. The van der Waals surface area contributed by atoms with Crippen LogP contribution in [0.2, 0.25) is 0 Å². The highest BCUT2D eigenvalue weighted by Crippen LogP contribution is 2.17. The molecule has 3 N–H and O–H groups in total. The fraction of sp³-hybridized carbons (Fsp3) is 0.375. The molecule has 2 rings (SSSR count). The van der Waals surface area contributed by atoms with E-state index in [-0.39, 0.29) is 11.9 Å². The van der Waals surface area contributed by atoms with Gasteiger partial charge in [-0.1, -0.05) is 19.1 Å². The van der Waals surface area contributed by atoms with Crippen molar-refractivity contribution in [1.29, 1.82) is 0 Å². The molecule has 1 aliphatic heterocycles. The molecule has 5 nitrogen and oxygen atoms in total. The molecule has 1 heterocycles. The van der Waals surface area contributed by atoms with E-state index in [2.05, 4.69) is 17.6 Å². The highest BCUT2D eigenvalue weighted by Gasteiger charge is 2.24. The summed E-state index contributed by atoms with van der Waals surface area (Å²) in [4.78, 5) is 22.7. The molecule has 2 atom stereocenters. The van der Waals surface area contributed by atoms with Crippen molar-refractivity contribution in [1.82, 2.24) is 5.32 Å². The van der Waals surface area contributed by atoms with Gasteiger partial charge in [0.2, 0.25) is 5.91 Å². The summed E-state index contributed by atoms with van der Waals surface area (Å²) in [6.45, 7) is 3.01. The highest BCUT2D eigenvalue weighted by molar-refractivity contribution is 5.95. The summed E-state index contributed by atoms with van der Waals surface area (Å²) in [5, 5.41) is 14.7. The molecular formula is C16H20N2O3. The molecule has 1 aromatic rings. The molecule has 0 aromatic heterocycles. The minimum Gasteiger partial charge on any atom is -0.478 e. The molecule has 0 spiro atoms. The van der Waals surface area contributed by atoms with Gasteiger partial charge in [0.1, 0.15) is 0 Å². The molecule has 0 radical (unpaired) electrons. The maximum absolute atomic E-state index is 12.2. The first-order valence-corrected chi connectivity index (χ1v) is 7.10. The topological polar surface area (TPSA) is 78.4 Å². The summed E-state index contributed by atoms with van der Waals surface area (Å²) >= 11 is 0. The van der Waals surface area contributed by atoms with Gasteiger partial charge in [0, 0.05) is 11.8 Å². The van der Waals surface area contributed by atoms with Crippen LogP contribution in [0.15, 0.2) is 30.3 Å². The van der Waals surface area contributed by atoms with E-state index in [0.717, 1.165) is 31.0 Å². The number of rotatable bonds is 4. The third-order valence-electron chi connectivity index (χ3n) is 3.55. The molecule has 0 bridgehead atoms. The Morgan fingerprint density at radius 3 is 2.95 bits per heavy atom. The number of carbonyl (C=O) groups is 2. The molecule has 1 amide bonds. The van der Waals surface area contributed by atoms with Gasteiger partial charge in [-0.2, -0.15) is 0 Å². The molecule has 21 heavy (non-hydrogen) atoms. The van der Waals surface area contributed by atoms with Crippen LogP contribution in [0, 0.1) is 5.92 Å². The summed E-state index contributed by atoms with van der Waals surface area (Å²) < 4.78 is 0. The summed E-state index contributed by atoms with van der Waals surface area (Å²) in [7, 11) is 0. The van der Waals surface area contributed by atoms with Gasteiger partial charge >= 0.3 is 5.97 Å². The first-order chi connectivity index (χ1) is 10.0. The number of benzene rings is 1. The molecule has 5 heteroatoms. The van der Waals surface area contributed by atoms with Crippen LogP contribution < -0.4 is 10.6 Å². The zero-order valence-electron chi connectivity index (χ0n) is 12.0. The number of carboxylic acids is 1. The molecule has 0 saturated carbocycles. The number of aliphatic carboxylic acids is 1. The minimum absolute atomic E-state index is 0.0408. The third-order valence-corrected chi connectivity index (χ3v) is 3.55. The lowest BCUT2D eigenvalue weighted by Gasteiger charge is -2.27. The Balaban J connectivity index is 2.00. The van der Waals surface area contributed by atoms with Crippen LogP contribution in [0.25, 0.3) is 6.08 Å². The zero-order valence-corrected chi connectivity index (χ0v) is 12.0. The van der Waals surface area contributed by atoms with Gasteiger partial charge in [0.25, 0.3) is 0 Å². The first-order valence-electron chi connectivity index (χ1n) is 7.10. The van der Waals surface area contributed by atoms with Crippen LogP contribution in [-0.2, 0) is 9.59 Å².